The minimum Gasteiger partial charge on any atom is -0.309 e. The summed E-state index contributed by atoms with van der Waals surface area (Å²) in [5.74, 6) is 0. The van der Waals surface area contributed by atoms with E-state index in [0.717, 1.165) is 31.5 Å². The van der Waals surface area contributed by atoms with Gasteiger partial charge in [-0.05, 0) is 49.8 Å². The number of benzene rings is 1. The highest BCUT2D eigenvalue weighted by Crippen LogP contribution is 2.25. The molecule has 4 heteroatoms. The van der Waals surface area contributed by atoms with E-state index in [9.17, 15) is 0 Å². The van der Waals surface area contributed by atoms with E-state index in [0.29, 0.717) is 6.04 Å². The predicted molar refractivity (Wildman–Crippen MR) is 85.2 cm³/mol. The van der Waals surface area contributed by atoms with Crippen molar-refractivity contribution in [3.8, 4) is 0 Å². The van der Waals surface area contributed by atoms with Crippen LogP contribution in [0.1, 0.15) is 48.0 Å². The summed E-state index contributed by atoms with van der Waals surface area (Å²) in [6.07, 6.45) is 3.08. The van der Waals surface area contributed by atoms with Crippen LogP contribution >= 0.6 is 11.5 Å². The quantitative estimate of drug-likeness (QED) is 0.844. The molecule has 20 heavy (non-hydrogen) atoms. The molecular weight excluding hydrogens is 266 g/mol. The van der Waals surface area contributed by atoms with Crippen LogP contribution in [0, 0.1) is 6.92 Å². The van der Waals surface area contributed by atoms with Crippen molar-refractivity contribution in [3.63, 3.8) is 0 Å². The maximum absolute atomic E-state index is 4.25. The monoisotopic (exact) mass is 289 g/mol. The summed E-state index contributed by atoms with van der Waals surface area (Å²) in [6, 6.07) is 9.07. The molecule has 0 saturated carbocycles. The number of nitrogens with one attached hydrogen (secondary N) is 1. The molecule has 0 spiro atoms. The summed E-state index contributed by atoms with van der Waals surface area (Å²) in [5, 5.41) is 7.90. The van der Waals surface area contributed by atoms with Crippen LogP contribution in [0.25, 0.3) is 0 Å². The topological polar surface area (TPSA) is 37.8 Å². The van der Waals surface area contributed by atoms with Gasteiger partial charge in [-0.2, -0.15) is 0 Å². The number of hydrogen-bond acceptors (Lipinski definition) is 4. The highest BCUT2D eigenvalue weighted by atomic mass is 32.1. The molecule has 0 radical (unpaired) electrons. The van der Waals surface area contributed by atoms with Crippen LogP contribution in [0.4, 0.5) is 0 Å². The Hall–Kier alpha value is -1.26. The highest BCUT2D eigenvalue weighted by Gasteiger charge is 2.18. The number of rotatable bonds is 7. The molecule has 0 saturated heterocycles. The minimum absolute atomic E-state index is 0.326. The molecule has 1 aromatic carbocycles. The summed E-state index contributed by atoms with van der Waals surface area (Å²) in [6.45, 7) is 7.51. The van der Waals surface area contributed by atoms with E-state index in [4.69, 9.17) is 0 Å². The molecule has 1 atom stereocenters. The molecule has 0 amide bonds. The van der Waals surface area contributed by atoms with Gasteiger partial charge < -0.3 is 5.32 Å². The average molecular weight is 289 g/mol. The average Bonchev–Trinajstić information content (AvgIpc) is 2.92. The lowest BCUT2D eigenvalue weighted by Gasteiger charge is -2.18. The van der Waals surface area contributed by atoms with E-state index >= 15 is 0 Å². The van der Waals surface area contributed by atoms with Crippen LogP contribution in [-0.4, -0.2) is 16.1 Å². The van der Waals surface area contributed by atoms with Gasteiger partial charge in [0.15, 0.2) is 0 Å². The Morgan fingerprint density at radius 1 is 1.30 bits per heavy atom. The van der Waals surface area contributed by atoms with Crippen LogP contribution in [-0.2, 0) is 12.8 Å². The molecule has 0 fully saturated rings. The fourth-order valence-electron chi connectivity index (χ4n) is 2.38. The molecule has 0 bridgehead atoms. The minimum atomic E-state index is 0.326. The number of hydrogen-bond donors (Lipinski definition) is 1. The first kappa shape index (κ1) is 15.1. The summed E-state index contributed by atoms with van der Waals surface area (Å²) in [5.41, 5.74) is 3.82. The van der Waals surface area contributed by atoms with E-state index in [1.807, 2.05) is 0 Å². The third-order valence-corrected chi connectivity index (χ3v) is 4.28. The summed E-state index contributed by atoms with van der Waals surface area (Å²) >= 11 is 1.53. The van der Waals surface area contributed by atoms with Crippen LogP contribution in [0.5, 0.6) is 0 Å². The maximum Gasteiger partial charge on any atom is 0.0801 e. The zero-order valence-corrected chi connectivity index (χ0v) is 13.3. The largest absolute Gasteiger partial charge is 0.309 e. The molecule has 0 aliphatic carbocycles. The molecule has 1 heterocycles. The van der Waals surface area contributed by atoms with Crippen molar-refractivity contribution >= 4 is 11.5 Å². The van der Waals surface area contributed by atoms with Gasteiger partial charge in [-0.15, -0.1) is 5.10 Å². The Morgan fingerprint density at radius 3 is 2.85 bits per heavy atom. The third kappa shape index (κ3) is 3.87. The molecule has 2 aromatic rings. The van der Waals surface area contributed by atoms with Gasteiger partial charge in [-0.3, -0.25) is 0 Å². The van der Waals surface area contributed by atoms with Crippen molar-refractivity contribution in [3.05, 3.63) is 46.0 Å². The van der Waals surface area contributed by atoms with Crippen molar-refractivity contribution < 1.29 is 0 Å². The van der Waals surface area contributed by atoms with Crippen molar-refractivity contribution in [1.29, 1.82) is 0 Å². The van der Waals surface area contributed by atoms with E-state index in [1.54, 1.807) is 0 Å². The van der Waals surface area contributed by atoms with Gasteiger partial charge in [0.25, 0.3) is 0 Å². The number of nitrogens with zero attached hydrogens (tertiary/aromatic N) is 2. The first-order valence-corrected chi connectivity index (χ1v) is 8.12. The molecule has 108 valence electrons. The lowest BCUT2D eigenvalue weighted by molar-refractivity contribution is 0.532. The third-order valence-electron chi connectivity index (χ3n) is 3.40. The molecule has 0 aliphatic heterocycles. The summed E-state index contributed by atoms with van der Waals surface area (Å²) in [7, 11) is 0. The van der Waals surface area contributed by atoms with Gasteiger partial charge in [0.05, 0.1) is 10.6 Å². The Morgan fingerprint density at radius 2 is 2.15 bits per heavy atom. The number of aryl methyl sites for hydroxylation is 2. The Balaban J connectivity index is 2.19. The van der Waals surface area contributed by atoms with Gasteiger partial charge >= 0.3 is 0 Å². The molecule has 3 nitrogen and oxygen atoms in total. The lowest BCUT2D eigenvalue weighted by atomic mass is 10.0. The second kappa shape index (κ2) is 7.50. The zero-order chi connectivity index (χ0) is 14.4. The number of aromatic nitrogens is 2. The van der Waals surface area contributed by atoms with Crippen LogP contribution in [0.15, 0.2) is 24.3 Å². The zero-order valence-electron chi connectivity index (χ0n) is 12.5. The van der Waals surface area contributed by atoms with E-state index in [-0.39, 0.29) is 0 Å². The molecule has 2 rings (SSSR count). The summed E-state index contributed by atoms with van der Waals surface area (Å²) < 4.78 is 4.13. The highest BCUT2D eigenvalue weighted by molar-refractivity contribution is 7.05. The fourth-order valence-corrected chi connectivity index (χ4v) is 3.19. The fraction of sp³-hybridized carbons (Fsp3) is 0.500. The van der Waals surface area contributed by atoms with Crippen molar-refractivity contribution in [2.75, 3.05) is 6.54 Å². The van der Waals surface area contributed by atoms with Crippen molar-refractivity contribution in [2.45, 2.75) is 46.1 Å². The maximum atomic E-state index is 4.25. The Labute approximate surface area is 125 Å². The van der Waals surface area contributed by atoms with Crippen LogP contribution in [0.3, 0.4) is 0 Å². The standard InChI is InChI=1S/C16H23N3S/c1-4-9-17-15(16-14(5-2)18-19-20-16)11-13-8-6-7-12(3)10-13/h6-8,10,15,17H,4-5,9,11H2,1-3H3. The van der Waals surface area contributed by atoms with Gasteiger partial charge in [0.2, 0.25) is 0 Å². The van der Waals surface area contributed by atoms with E-state index in [2.05, 4.69) is 59.9 Å². The van der Waals surface area contributed by atoms with Crippen LogP contribution < -0.4 is 5.32 Å². The van der Waals surface area contributed by atoms with Gasteiger partial charge in [0, 0.05) is 6.04 Å². The van der Waals surface area contributed by atoms with Gasteiger partial charge in [-0.1, -0.05) is 48.2 Å². The molecule has 1 N–H and O–H groups in total. The predicted octanol–water partition coefficient (Wildman–Crippen LogP) is 3.69. The normalized spacial score (nSPS) is 12.6. The smallest absolute Gasteiger partial charge is 0.0801 e. The molecule has 1 aromatic heterocycles. The van der Waals surface area contributed by atoms with E-state index in [1.165, 1.54) is 27.5 Å². The lowest BCUT2D eigenvalue weighted by Crippen LogP contribution is -2.24. The summed E-state index contributed by atoms with van der Waals surface area (Å²) in [4.78, 5) is 1.29. The van der Waals surface area contributed by atoms with Gasteiger partial charge in [0.1, 0.15) is 0 Å². The van der Waals surface area contributed by atoms with Gasteiger partial charge in [-0.25, -0.2) is 0 Å². The SMILES string of the molecule is CCCNC(Cc1cccc(C)c1)c1snnc1CC. The second-order valence-corrected chi connectivity index (χ2v) is 5.92. The van der Waals surface area contributed by atoms with Crippen molar-refractivity contribution in [1.82, 2.24) is 14.9 Å². The second-order valence-electron chi connectivity index (χ2n) is 5.14. The Bertz CT molecular complexity index is 536. The van der Waals surface area contributed by atoms with Crippen molar-refractivity contribution in [2.24, 2.45) is 0 Å². The Kier molecular flexibility index (Phi) is 5.68. The van der Waals surface area contributed by atoms with E-state index < -0.39 is 0 Å². The van der Waals surface area contributed by atoms with Crippen LogP contribution in [0.2, 0.25) is 0 Å². The molecule has 1 unspecified atom stereocenters. The molecular formula is C16H23N3S. The molecule has 0 aliphatic rings. The first-order valence-electron chi connectivity index (χ1n) is 7.34. The first-order chi connectivity index (χ1) is 9.74.